The molecular formula is C28H25N3. The highest BCUT2D eigenvalue weighted by atomic mass is 15.3. The molecule has 0 radical (unpaired) electrons. The van der Waals surface area contributed by atoms with Crippen LogP contribution in [-0.4, -0.2) is 9.97 Å². The molecule has 0 unspecified atom stereocenters. The lowest BCUT2D eigenvalue weighted by atomic mass is 10.1. The van der Waals surface area contributed by atoms with Gasteiger partial charge in [0.1, 0.15) is 0 Å². The first-order valence-electron chi connectivity index (χ1n) is 10.4. The van der Waals surface area contributed by atoms with Crippen LogP contribution in [0, 0.1) is 0 Å². The number of benzene rings is 3. The van der Waals surface area contributed by atoms with Crippen LogP contribution < -0.4 is 4.90 Å². The van der Waals surface area contributed by atoms with E-state index in [1.165, 1.54) is 0 Å². The van der Waals surface area contributed by atoms with Crippen LogP contribution in [0.4, 0.5) is 17.3 Å². The summed E-state index contributed by atoms with van der Waals surface area (Å²) in [5.41, 5.74) is 5.97. The van der Waals surface area contributed by atoms with Crippen molar-refractivity contribution in [3.8, 4) is 11.3 Å². The van der Waals surface area contributed by atoms with Crippen molar-refractivity contribution in [3.05, 3.63) is 121 Å². The number of allylic oxidation sites excluding steroid dienone is 4. The van der Waals surface area contributed by atoms with Gasteiger partial charge >= 0.3 is 0 Å². The van der Waals surface area contributed by atoms with Crippen LogP contribution in [0.15, 0.2) is 115 Å². The third-order valence-electron chi connectivity index (χ3n) is 4.96. The molecule has 3 heteroatoms. The van der Waals surface area contributed by atoms with Crippen molar-refractivity contribution in [2.24, 2.45) is 0 Å². The normalized spacial score (nSPS) is 11.6. The minimum atomic E-state index is 0.641. The molecule has 0 fully saturated rings. The monoisotopic (exact) mass is 403 g/mol. The zero-order valence-corrected chi connectivity index (χ0v) is 17.8. The van der Waals surface area contributed by atoms with Gasteiger partial charge in [0, 0.05) is 16.9 Å². The number of hydrogen-bond donors (Lipinski definition) is 0. The third kappa shape index (κ3) is 4.78. The fraction of sp³-hybridized carbons (Fsp3) is 0.0714. The van der Waals surface area contributed by atoms with E-state index < -0.39 is 0 Å². The molecule has 31 heavy (non-hydrogen) atoms. The van der Waals surface area contributed by atoms with E-state index in [0.717, 1.165) is 33.9 Å². The van der Waals surface area contributed by atoms with E-state index in [2.05, 4.69) is 60.4 Å². The van der Waals surface area contributed by atoms with E-state index in [4.69, 9.17) is 9.97 Å². The van der Waals surface area contributed by atoms with Crippen LogP contribution in [0.3, 0.4) is 0 Å². The molecule has 0 aliphatic rings. The van der Waals surface area contributed by atoms with Crippen molar-refractivity contribution >= 4 is 22.9 Å². The van der Waals surface area contributed by atoms with E-state index >= 15 is 0 Å². The average Bonchev–Trinajstić information content (AvgIpc) is 2.84. The Labute approximate surface area is 184 Å². The number of para-hydroxylation sites is 2. The average molecular weight is 404 g/mol. The maximum atomic E-state index is 4.99. The second-order valence-corrected chi connectivity index (χ2v) is 7.19. The van der Waals surface area contributed by atoms with Gasteiger partial charge in [0.15, 0.2) is 0 Å². The molecule has 1 aromatic heterocycles. The molecule has 0 saturated heterocycles. The quantitative estimate of drug-likeness (QED) is 0.310. The molecule has 3 nitrogen and oxygen atoms in total. The van der Waals surface area contributed by atoms with E-state index in [1.54, 1.807) is 0 Å². The minimum Gasteiger partial charge on any atom is -0.279 e. The predicted molar refractivity (Wildman–Crippen MR) is 131 cm³/mol. The molecule has 1 heterocycles. The second-order valence-electron chi connectivity index (χ2n) is 7.19. The summed E-state index contributed by atoms with van der Waals surface area (Å²) in [6.07, 6.45) is 6.13. The van der Waals surface area contributed by atoms with Crippen molar-refractivity contribution in [1.29, 1.82) is 0 Å². The van der Waals surface area contributed by atoms with Crippen LogP contribution >= 0.6 is 0 Å². The highest BCUT2D eigenvalue weighted by Crippen LogP contribution is 2.34. The Hall–Kier alpha value is -3.98. The fourth-order valence-electron chi connectivity index (χ4n) is 3.35. The van der Waals surface area contributed by atoms with Gasteiger partial charge in [0.05, 0.1) is 11.4 Å². The summed E-state index contributed by atoms with van der Waals surface area (Å²) in [4.78, 5) is 12.1. The zero-order valence-electron chi connectivity index (χ0n) is 17.8. The van der Waals surface area contributed by atoms with Crippen LogP contribution in [0.2, 0.25) is 0 Å². The number of nitrogens with zero attached hydrogens (tertiary/aromatic N) is 3. The number of rotatable bonds is 6. The van der Waals surface area contributed by atoms with Crippen LogP contribution in [-0.2, 0) is 0 Å². The molecule has 0 atom stereocenters. The van der Waals surface area contributed by atoms with Crippen LogP contribution in [0.5, 0.6) is 0 Å². The minimum absolute atomic E-state index is 0.641. The van der Waals surface area contributed by atoms with Crippen molar-refractivity contribution in [3.63, 3.8) is 0 Å². The van der Waals surface area contributed by atoms with Crippen LogP contribution in [0.1, 0.15) is 19.5 Å². The molecule has 0 amide bonds. The Bertz CT molecular complexity index is 1140. The summed E-state index contributed by atoms with van der Waals surface area (Å²) in [6.45, 7) is 4.09. The fourth-order valence-corrected chi connectivity index (χ4v) is 3.35. The Kier molecular flexibility index (Phi) is 6.34. The van der Waals surface area contributed by atoms with Gasteiger partial charge < -0.3 is 0 Å². The summed E-state index contributed by atoms with van der Waals surface area (Å²) in [5, 5.41) is 0. The smallest absolute Gasteiger partial charge is 0.235 e. The Morgan fingerprint density at radius 2 is 1.29 bits per heavy atom. The van der Waals surface area contributed by atoms with E-state index in [9.17, 15) is 0 Å². The summed E-state index contributed by atoms with van der Waals surface area (Å²) in [7, 11) is 0. The summed E-state index contributed by atoms with van der Waals surface area (Å²) in [6, 6.07) is 32.8. The lowest BCUT2D eigenvalue weighted by Crippen LogP contribution is -2.14. The van der Waals surface area contributed by atoms with Gasteiger partial charge in [0.2, 0.25) is 5.95 Å². The molecule has 152 valence electrons. The largest absolute Gasteiger partial charge is 0.279 e. The van der Waals surface area contributed by atoms with Gasteiger partial charge in [-0.2, -0.15) is 0 Å². The summed E-state index contributed by atoms with van der Waals surface area (Å²) in [5.74, 6) is 0.641. The Morgan fingerprint density at radius 1 is 0.742 bits per heavy atom. The maximum Gasteiger partial charge on any atom is 0.235 e. The van der Waals surface area contributed by atoms with Gasteiger partial charge in [-0.25, -0.2) is 9.97 Å². The highest BCUT2D eigenvalue weighted by molar-refractivity contribution is 5.76. The molecule has 3 aromatic carbocycles. The van der Waals surface area contributed by atoms with Gasteiger partial charge in [-0.05, 0) is 49.8 Å². The van der Waals surface area contributed by atoms with Crippen LogP contribution in [0.25, 0.3) is 16.8 Å². The second kappa shape index (κ2) is 9.68. The molecule has 0 N–H and O–H groups in total. The van der Waals surface area contributed by atoms with Gasteiger partial charge in [-0.15, -0.1) is 0 Å². The number of anilines is 3. The molecule has 0 bridgehead atoms. The molecule has 0 spiro atoms. The Morgan fingerprint density at radius 3 is 1.84 bits per heavy atom. The predicted octanol–water partition coefficient (Wildman–Crippen LogP) is 7.59. The van der Waals surface area contributed by atoms with Crippen molar-refractivity contribution in [2.75, 3.05) is 4.90 Å². The summed E-state index contributed by atoms with van der Waals surface area (Å²) >= 11 is 0. The number of aromatic nitrogens is 2. The third-order valence-corrected chi connectivity index (χ3v) is 4.96. The molecular weight excluding hydrogens is 378 g/mol. The highest BCUT2D eigenvalue weighted by Gasteiger charge is 2.17. The standard InChI is InChI=1S/C28H25N3/c1-3-4-14-22(2)26-21-27(23-15-8-5-9-16-23)30-28(29-26)31(24-17-10-6-11-18-24)25-19-12-7-13-20-25/h3-21H,1-2H3/b4-3-,22-14+. The lowest BCUT2D eigenvalue weighted by Gasteiger charge is -2.24. The molecule has 0 aliphatic carbocycles. The van der Waals surface area contributed by atoms with Gasteiger partial charge in [-0.1, -0.05) is 85.0 Å². The van der Waals surface area contributed by atoms with Gasteiger partial charge in [0.25, 0.3) is 0 Å². The van der Waals surface area contributed by atoms with Crippen molar-refractivity contribution < 1.29 is 0 Å². The first kappa shape index (κ1) is 20.3. The summed E-state index contributed by atoms with van der Waals surface area (Å²) < 4.78 is 0. The first-order valence-corrected chi connectivity index (χ1v) is 10.4. The van der Waals surface area contributed by atoms with Crippen molar-refractivity contribution in [1.82, 2.24) is 9.97 Å². The van der Waals surface area contributed by atoms with E-state index in [1.807, 2.05) is 73.7 Å². The molecule has 4 rings (SSSR count). The topological polar surface area (TPSA) is 29.0 Å². The molecule has 0 aliphatic heterocycles. The maximum absolute atomic E-state index is 4.99. The van der Waals surface area contributed by atoms with E-state index in [-0.39, 0.29) is 0 Å². The number of hydrogen-bond acceptors (Lipinski definition) is 3. The SMILES string of the molecule is C/C=C\C=C(/C)c1cc(-c2ccccc2)nc(N(c2ccccc2)c2ccccc2)n1. The van der Waals surface area contributed by atoms with Gasteiger partial charge in [-0.3, -0.25) is 4.90 Å². The Balaban J connectivity index is 1.94. The lowest BCUT2D eigenvalue weighted by molar-refractivity contribution is 1.07. The molecule has 4 aromatic rings. The molecule has 0 saturated carbocycles. The van der Waals surface area contributed by atoms with Crippen molar-refractivity contribution in [2.45, 2.75) is 13.8 Å². The zero-order chi connectivity index (χ0) is 21.5. The first-order chi connectivity index (χ1) is 15.3. The van der Waals surface area contributed by atoms with E-state index in [0.29, 0.717) is 5.95 Å².